The molecule has 2 saturated heterocycles. The average Bonchev–Trinajstić information content (AvgIpc) is 3.11. The van der Waals surface area contributed by atoms with Crippen molar-refractivity contribution in [1.82, 2.24) is 9.80 Å². The first-order valence-corrected chi connectivity index (χ1v) is 11.4. The van der Waals surface area contributed by atoms with E-state index in [-0.39, 0.29) is 24.5 Å². The molecule has 1 aromatic rings. The standard InChI is InChI=1S/C24H27F7N2O2/c1-16(2)7-8-18-17(5-3-6-19(18)25)15-33-12-4-9-22(33)10-13-32(14-11-22)21(34)35-20(23(26,27)28)24(29,30)31/h3,5-6,16,20H,4,9-15H2,1-2H3. The molecule has 0 aromatic heterocycles. The van der Waals surface area contributed by atoms with Crippen molar-refractivity contribution in [3.63, 3.8) is 0 Å². The van der Waals surface area contributed by atoms with E-state index in [0.717, 1.165) is 17.7 Å². The van der Waals surface area contributed by atoms with Crippen LogP contribution in [0, 0.1) is 23.6 Å². The van der Waals surface area contributed by atoms with E-state index < -0.39 is 30.4 Å². The molecule has 2 heterocycles. The van der Waals surface area contributed by atoms with Crippen LogP contribution in [0.1, 0.15) is 50.7 Å². The lowest BCUT2D eigenvalue weighted by Crippen LogP contribution is -2.54. The number of rotatable bonds is 3. The summed E-state index contributed by atoms with van der Waals surface area (Å²) < 4.78 is 94.8. The van der Waals surface area contributed by atoms with Crippen LogP contribution in [-0.2, 0) is 11.3 Å². The number of hydrogen-bond acceptors (Lipinski definition) is 3. The predicted octanol–water partition coefficient (Wildman–Crippen LogP) is 5.89. The zero-order valence-electron chi connectivity index (χ0n) is 19.4. The van der Waals surface area contributed by atoms with Crippen LogP contribution in [0.3, 0.4) is 0 Å². The first kappa shape index (κ1) is 27.1. The summed E-state index contributed by atoms with van der Waals surface area (Å²) in [6.07, 6.45) is -15.0. The van der Waals surface area contributed by atoms with E-state index in [0.29, 0.717) is 37.1 Å². The number of likely N-dealkylation sites (tertiary alicyclic amines) is 2. The van der Waals surface area contributed by atoms with E-state index >= 15 is 0 Å². The SMILES string of the molecule is CC(C)C#Cc1c(F)cccc1CN1CCCC12CCN(C(=O)OC(C(F)(F)F)C(F)(F)F)CC2. The molecule has 0 bridgehead atoms. The Morgan fingerprint density at radius 1 is 1.06 bits per heavy atom. The number of nitrogens with zero attached hydrogens (tertiary/aromatic N) is 2. The van der Waals surface area contributed by atoms with Crippen molar-refractivity contribution in [3.8, 4) is 11.8 Å². The van der Waals surface area contributed by atoms with Crippen LogP contribution in [0.4, 0.5) is 35.5 Å². The molecule has 0 atom stereocenters. The van der Waals surface area contributed by atoms with Crippen molar-refractivity contribution in [3.05, 3.63) is 35.1 Å². The van der Waals surface area contributed by atoms with Crippen molar-refractivity contribution in [2.45, 2.75) is 70.1 Å². The molecule has 0 radical (unpaired) electrons. The Bertz CT molecular complexity index is 957. The number of piperidine rings is 1. The quantitative estimate of drug-likeness (QED) is 0.377. The van der Waals surface area contributed by atoms with Crippen LogP contribution in [0.2, 0.25) is 0 Å². The summed E-state index contributed by atoms with van der Waals surface area (Å²) in [7, 11) is 0. The molecule has 2 aliphatic heterocycles. The van der Waals surface area contributed by atoms with Gasteiger partial charge in [0.15, 0.2) is 0 Å². The number of amides is 1. The van der Waals surface area contributed by atoms with Gasteiger partial charge in [0.25, 0.3) is 6.10 Å². The maximum absolute atomic E-state index is 14.5. The monoisotopic (exact) mass is 508 g/mol. The molecule has 194 valence electrons. The Labute approximate surface area is 199 Å². The van der Waals surface area contributed by atoms with E-state index in [1.54, 1.807) is 12.1 Å². The second-order valence-corrected chi connectivity index (χ2v) is 9.28. The number of halogens is 7. The second-order valence-electron chi connectivity index (χ2n) is 9.28. The molecule has 3 rings (SSSR count). The molecule has 1 spiro atoms. The summed E-state index contributed by atoms with van der Waals surface area (Å²) in [4.78, 5) is 15.2. The molecular weight excluding hydrogens is 481 g/mol. The minimum absolute atomic E-state index is 0.0407. The third-order valence-electron chi connectivity index (χ3n) is 6.45. The van der Waals surface area contributed by atoms with Crippen molar-refractivity contribution in [2.75, 3.05) is 19.6 Å². The highest BCUT2D eigenvalue weighted by atomic mass is 19.4. The molecular formula is C24H27F7N2O2. The van der Waals surface area contributed by atoms with Crippen molar-refractivity contribution < 1.29 is 40.3 Å². The van der Waals surface area contributed by atoms with E-state index in [9.17, 15) is 35.5 Å². The highest BCUT2D eigenvalue weighted by Gasteiger charge is 2.60. The van der Waals surface area contributed by atoms with Gasteiger partial charge in [-0.1, -0.05) is 37.8 Å². The van der Waals surface area contributed by atoms with Crippen LogP contribution >= 0.6 is 0 Å². The maximum Gasteiger partial charge on any atom is 0.434 e. The Morgan fingerprint density at radius 2 is 1.69 bits per heavy atom. The summed E-state index contributed by atoms with van der Waals surface area (Å²) >= 11 is 0. The van der Waals surface area contributed by atoms with Crippen LogP contribution in [0.15, 0.2) is 18.2 Å². The second kappa shape index (κ2) is 10.2. The van der Waals surface area contributed by atoms with Gasteiger partial charge >= 0.3 is 18.4 Å². The summed E-state index contributed by atoms with van der Waals surface area (Å²) in [5, 5.41) is 0. The molecule has 0 N–H and O–H groups in total. The van der Waals surface area contributed by atoms with Gasteiger partial charge < -0.3 is 9.64 Å². The van der Waals surface area contributed by atoms with Crippen molar-refractivity contribution >= 4 is 6.09 Å². The first-order chi connectivity index (χ1) is 16.2. The van der Waals surface area contributed by atoms with Gasteiger partial charge in [-0.05, 0) is 43.9 Å². The molecule has 11 heteroatoms. The highest BCUT2D eigenvalue weighted by molar-refractivity contribution is 5.68. The summed E-state index contributed by atoms with van der Waals surface area (Å²) in [6.45, 7) is 4.80. The minimum Gasteiger partial charge on any atom is -0.426 e. The topological polar surface area (TPSA) is 32.8 Å². The lowest BCUT2D eigenvalue weighted by atomic mass is 9.84. The molecule has 35 heavy (non-hydrogen) atoms. The number of carbonyl (C=O) groups excluding carboxylic acids is 1. The zero-order valence-corrected chi connectivity index (χ0v) is 19.4. The van der Waals surface area contributed by atoms with E-state index in [4.69, 9.17) is 0 Å². The zero-order chi connectivity index (χ0) is 26.0. The largest absolute Gasteiger partial charge is 0.434 e. The van der Waals surface area contributed by atoms with Gasteiger partial charge in [0.05, 0.1) is 5.56 Å². The Kier molecular flexibility index (Phi) is 7.94. The Hall–Kier alpha value is -2.48. The number of hydrogen-bond donors (Lipinski definition) is 0. The Balaban J connectivity index is 1.70. The lowest BCUT2D eigenvalue weighted by Gasteiger charge is -2.45. The van der Waals surface area contributed by atoms with Gasteiger partial charge in [0.2, 0.25) is 0 Å². The normalized spacial score (nSPS) is 18.8. The fourth-order valence-electron chi connectivity index (χ4n) is 4.67. The van der Waals surface area contributed by atoms with E-state index in [1.807, 2.05) is 13.8 Å². The fraction of sp³-hybridized carbons (Fsp3) is 0.625. The predicted molar refractivity (Wildman–Crippen MR) is 114 cm³/mol. The van der Waals surface area contributed by atoms with Gasteiger partial charge in [0, 0.05) is 31.1 Å². The van der Waals surface area contributed by atoms with Gasteiger partial charge in [0.1, 0.15) is 5.82 Å². The van der Waals surface area contributed by atoms with Crippen molar-refractivity contribution in [2.24, 2.45) is 5.92 Å². The molecule has 0 saturated carbocycles. The molecule has 4 nitrogen and oxygen atoms in total. The van der Waals surface area contributed by atoms with Gasteiger partial charge in [-0.25, -0.2) is 9.18 Å². The maximum atomic E-state index is 14.5. The third kappa shape index (κ3) is 6.40. The molecule has 1 aromatic carbocycles. The third-order valence-corrected chi connectivity index (χ3v) is 6.45. The molecule has 0 unspecified atom stereocenters. The summed E-state index contributed by atoms with van der Waals surface area (Å²) in [6, 6.07) is 4.73. The smallest absolute Gasteiger partial charge is 0.426 e. The fourth-order valence-corrected chi connectivity index (χ4v) is 4.67. The van der Waals surface area contributed by atoms with E-state index in [1.165, 1.54) is 6.07 Å². The van der Waals surface area contributed by atoms with Crippen LogP contribution < -0.4 is 0 Å². The summed E-state index contributed by atoms with van der Waals surface area (Å²) in [5.74, 6) is 5.50. The first-order valence-electron chi connectivity index (χ1n) is 11.4. The molecule has 0 aliphatic carbocycles. The van der Waals surface area contributed by atoms with Crippen LogP contribution in [-0.4, -0.2) is 59.5 Å². The molecule has 1 amide bonds. The summed E-state index contributed by atoms with van der Waals surface area (Å²) in [5.41, 5.74) is 0.633. The van der Waals surface area contributed by atoms with Crippen LogP contribution in [0.25, 0.3) is 0 Å². The number of benzene rings is 1. The Morgan fingerprint density at radius 3 is 2.26 bits per heavy atom. The number of alkyl halides is 6. The van der Waals surface area contributed by atoms with Crippen LogP contribution in [0.5, 0.6) is 0 Å². The minimum atomic E-state index is -5.76. The highest BCUT2D eigenvalue weighted by Crippen LogP contribution is 2.41. The van der Waals surface area contributed by atoms with Gasteiger partial charge in [-0.2, -0.15) is 26.3 Å². The van der Waals surface area contributed by atoms with Crippen molar-refractivity contribution in [1.29, 1.82) is 0 Å². The van der Waals surface area contributed by atoms with Gasteiger partial charge in [-0.15, -0.1) is 0 Å². The molecule has 2 fully saturated rings. The average molecular weight is 508 g/mol. The number of carbonyl (C=O) groups is 1. The molecule has 2 aliphatic rings. The number of ether oxygens (including phenoxy) is 1. The van der Waals surface area contributed by atoms with E-state index in [2.05, 4.69) is 21.5 Å². The lowest BCUT2D eigenvalue weighted by molar-refractivity contribution is -0.308. The van der Waals surface area contributed by atoms with Gasteiger partial charge in [-0.3, -0.25) is 4.90 Å².